The largest absolute Gasteiger partial charge is 0.478 e. The second kappa shape index (κ2) is 5.09. The van der Waals surface area contributed by atoms with Gasteiger partial charge in [-0.1, -0.05) is 0 Å². The summed E-state index contributed by atoms with van der Waals surface area (Å²) in [5.41, 5.74) is -0.0412. The minimum atomic E-state index is -1.12. The monoisotopic (exact) mass is 312 g/mol. The summed E-state index contributed by atoms with van der Waals surface area (Å²) in [6.07, 6.45) is 2.25. The van der Waals surface area contributed by atoms with Crippen molar-refractivity contribution in [2.75, 3.05) is 0 Å². The van der Waals surface area contributed by atoms with Gasteiger partial charge in [0.1, 0.15) is 11.6 Å². The maximum Gasteiger partial charge on any atom is 0.338 e. The van der Waals surface area contributed by atoms with Gasteiger partial charge in [0.05, 0.1) is 10.0 Å². The Kier molecular flexibility index (Phi) is 3.52. The zero-order chi connectivity index (χ0) is 13.1. The molecule has 2 rings (SSSR count). The van der Waals surface area contributed by atoms with Gasteiger partial charge in [-0.15, -0.1) is 0 Å². The first-order valence-corrected chi connectivity index (χ1v) is 5.54. The highest BCUT2D eigenvalue weighted by Crippen LogP contribution is 2.28. The van der Waals surface area contributed by atoms with Crippen LogP contribution in [0.3, 0.4) is 0 Å². The van der Waals surface area contributed by atoms with Gasteiger partial charge in [0.15, 0.2) is 0 Å². The summed E-state index contributed by atoms with van der Waals surface area (Å²) in [5.74, 6) is -1.19. The average Bonchev–Trinajstić information content (AvgIpc) is 2.33. The van der Waals surface area contributed by atoms with Gasteiger partial charge in [0.2, 0.25) is 0 Å². The Labute approximate surface area is 109 Å². The molecule has 92 valence electrons. The van der Waals surface area contributed by atoms with Crippen molar-refractivity contribution in [3.8, 4) is 11.8 Å². The molecule has 1 N–H and O–H groups in total. The third-order valence-corrected chi connectivity index (χ3v) is 2.59. The van der Waals surface area contributed by atoms with Crippen LogP contribution in [0.4, 0.5) is 4.39 Å². The number of nitrogens with zero attached hydrogens (tertiary/aromatic N) is 2. The van der Waals surface area contributed by atoms with Crippen molar-refractivity contribution in [3.05, 3.63) is 46.4 Å². The molecule has 5 nitrogen and oxygen atoms in total. The highest BCUT2D eigenvalue weighted by atomic mass is 79.9. The molecule has 0 saturated heterocycles. The van der Waals surface area contributed by atoms with E-state index in [4.69, 9.17) is 9.84 Å². The molecule has 18 heavy (non-hydrogen) atoms. The van der Waals surface area contributed by atoms with Gasteiger partial charge in [0, 0.05) is 12.4 Å². The zero-order valence-electron chi connectivity index (χ0n) is 8.80. The second-order valence-electron chi connectivity index (χ2n) is 3.24. The molecule has 0 radical (unpaired) electrons. The quantitative estimate of drug-likeness (QED) is 0.943. The van der Waals surface area contributed by atoms with Crippen molar-refractivity contribution in [1.82, 2.24) is 9.97 Å². The smallest absolute Gasteiger partial charge is 0.338 e. The number of carboxylic acid groups (broad SMARTS) is 1. The summed E-state index contributed by atoms with van der Waals surface area (Å²) in [4.78, 5) is 18.1. The maximum absolute atomic E-state index is 12.8. The lowest BCUT2D eigenvalue weighted by atomic mass is 10.3. The average molecular weight is 313 g/mol. The van der Waals surface area contributed by atoms with Crippen LogP contribution in [0.1, 0.15) is 10.4 Å². The third kappa shape index (κ3) is 2.80. The molecular formula is C11H6BrFN2O3. The topological polar surface area (TPSA) is 72.3 Å². The lowest BCUT2D eigenvalue weighted by molar-refractivity contribution is 0.0696. The lowest BCUT2D eigenvalue weighted by Crippen LogP contribution is -2.00. The fraction of sp³-hybridized carbons (Fsp3) is 0. The first-order chi connectivity index (χ1) is 8.56. The molecule has 0 fully saturated rings. The van der Waals surface area contributed by atoms with Crippen LogP contribution in [0.5, 0.6) is 11.8 Å². The number of ether oxygens (including phenoxy) is 1. The molecule has 0 amide bonds. The molecule has 0 saturated carbocycles. The van der Waals surface area contributed by atoms with Crippen molar-refractivity contribution in [2.45, 2.75) is 0 Å². The summed E-state index contributed by atoms with van der Waals surface area (Å²) < 4.78 is 18.5. The Morgan fingerprint density at radius 3 is 2.56 bits per heavy atom. The third-order valence-electron chi connectivity index (χ3n) is 1.97. The first-order valence-electron chi connectivity index (χ1n) is 4.74. The van der Waals surface area contributed by atoms with E-state index in [-0.39, 0.29) is 11.6 Å². The van der Waals surface area contributed by atoms with Gasteiger partial charge in [-0.25, -0.2) is 19.2 Å². The van der Waals surface area contributed by atoms with E-state index in [1.165, 1.54) is 18.2 Å². The molecular weight excluding hydrogens is 307 g/mol. The molecule has 2 aromatic rings. The Balaban J connectivity index is 2.21. The number of aromatic carboxylic acids is 1. The van der Waals surface area contributed by atoms with E-state index >= 15 is 0 Å². The normalized spacial score (nSPS) is 10.1. The molecule has 0 aliphatic rings. The van der Waals surface area contributed by atoms with E-state index in [1.54, 1.807) is 0 Å². The van der Waals surface area contributed by atoms with E-state index in [0.717, 1.165) is 12.4 Å². The minimum Gasteiger partial charge on any atom is -0.478 e. The standard InChI is InChI=1S/C11H6BrFN2O3/c12-8-3-7(13)1-2-9(8)18-11-14-4-6(5-15-11)10(16)17/h1-5H,(H,16,17). The SMILES string of the molecule is O=C(O)c1cnc(Oc2ccc(F)cc2Br)nc1. The molecule has 0 bridgehead atoms. The van der Waals surface area contributed by atoms with E-state index in [2.05, 4.69) is 25.9 Å². The molecule has 0 unspecified atom stereocenters. The Morgan fingerprint density at radius 2 is 2.00 bits per heavy atom. The highest BCUT2D eigenvalue weighted by Gasteiger charge is 2.08. The van der Waals surface area contributed by atoms with Gasteiger partial charge in [-0.05, 0) is 34.1 Å². The van der Waals surface area contributed by atoms with Crippen LogP contribution in [0.2, 0.25) is 0 Å². The van der Waals surface area contributed by atoms with E-state index in [9.17, 15) is 9.18 Å². The summed E-state index contributed by atoms with van der Waals surface area (Å²) in [5, 5.41) is 8.67. The van der Waals surface area contributed by atoms with Gasteiger partial charge in [-0.2, -0.15) is 0 Å². The molecule has 0 aliphatic carbocycles. The van der Waals surface area contributed by atoms with Crippen LogP contribution in [0.25, 0.3) is 0 Å². The number of carboxylic acids is 1. The summed E-state index contributed by atoms with van der Waals surface area (Å²) in [6.45, 7) is 0. The zero-order valence-corrected chi connectivity index (χ0v) is 10.4. The van der Waals surface area contributed by atoms with Crippen molar-refractivity contribution in [2.24, 2.45) is 0 Å². The van der Waals surface area contributed by atoms with Crippen molar-refractivity contribution in [3.63, 3.8) is 0 Å². The van der Waals surface area contributed by atoms with E-state index in [0.29, 0.717) is 10.2 Å². The van der Waals surface area contributed by atoms with Crippen LogP contribution in [-0.2, 0) is 0 Å². The molecule has 0 aliphatic heterocycles. The first kappa shape index (κ1) is 12.4. The molecule has 1 heterocycles. The number of halogens is 2. The Morgan fingerprint density at radius 1 is 1.33 bits per heavy atom. The highest BCUT2D eigenvalue weighted by molar-refractivity contribution is 9.10. The van der Waals surface area contributed by atoms with Crippen molar-refractivity contribution in [1.29, 1.82) is 0 Å². The van der Waals surface area contributed by atoms with Crippen LogP contribution < -0.4 is 4.74 Å². The van der Waals surface area contributed by atoms with Gasteiger partial charge >= 0.3 is 12.0 Å². The minimum absolute atomic E-state index is 0.0210. The molecule has 7 heteroatoms. The van der Waals surface area contributed by atoms with Crippen LogP contribution in [-0.4, -0.2) is 21.0 Å². The van der Waals surface area contributed by atoms with E-state index in [1.807, 2.05) is 0 Å². The summed E-state index contributed by atoms with van der Waals surface area (Å²) >= 11 is 3.13. The van der Waals surface area contributed by atoms with Gasteiger partial charge in [-0.3, -0.25) is 0 Å². The number of hydrogen-bond acceptors (Lipinski definition) is 4. The number of hydrogen-bond donors (Lipinski definition) is 1. The molecule has 1 aromatic heterocycles. The number of benzene rings is 1. The van der Waals surface area contributed by atoms with Crippen molar-refractivity contribution < 1.29 is 19.0 Å². The Hall–Kier alpha value is -2.02. The lowest BCUT2D eigenvalue weighted by Gasteiger charge is -2.05. The predicted molar refractivity (Wildman–Crippen MR) is 63.2 cm³/mol. The van der Waals surface area contributed by atoms with Crippen molar-refractivity contribution >= 4 is 21.9 Å². The number of rotatable bonds is 3. The molecule has 0 atom stereocenters. The fourth-order valence-corrected chi connectivity index (χ4v) is 1.57. The van der Waals surface area contributed by atoms with Crippen LogP contribution in [0.15, 0.2) is 35.1 Å². The molecule has 1 aromatic carbocycles. The number of carbonyl (C=O) groups is 1. The van der Waals surface area contributed by atoms with Gasteiger partial charge in [0.25, 0.3) is 0 Å². The Bertz CT molecular complexity index is 589. The summed E-state index contributed by atoms with van der Waals surface area (Å²) in [7, 11) is 0. The van der Waals surface area contributed by atoms with E-state index < -0.39 is 11.8 Å². The predicted octanol–water partition coefficient (Wildman–Crippen LogP) is 2.87. The second-order valence-corrected chi connectivity index (χ2v) is 4.09. The fourth-order valence-electron chi connectivity index (χ4n) is 1.14. The maximum atomic E-state index is 12.8. The molecule has 0 spiro atoms. The van der Waals surface area contributed by atoms with Crippen LogP contribution >= 0.6 is 15.9 Å². The number of aromatic nitrogens is 2. The van der Waals surface area contributed by atoms with Gasteiger partial charge < -0.3 is 9.84 Å². The van der Waals surface area contributed by atoms with Crippen LogP contribution in [0, 0.1) is 5.82 Å². The summed E-state index contributed by atoms with van der Waals surface area (Å²) in [6, 6.07) is 3.85.